The molecule has 0 saturated heterocycles. The average Bonchev–Trinajstić information content (AvgIpc) is 2.95. The van der Waals surface area contributed by atoms with Gasteiger partial charge in [-0.15, -0.1) is 0 Å². The van der Waals surface area contributed by atoms with Crippen molar-refractivity contribution in [2.75, 3.05) is 33.0 Å². The van der Waals surface area contributed by atoms with Gasteiger partial charge in [-0.25, -0.2) is 9.59 Å². The summed E-state index contributed by atoms with van der Waals surface area (Å²) >= 11 is 0. The van der Waals surface area contributed by atoms with Crippen molar-refractivity contribution in [2.24, 2.45) is 0 Å². The molecule has 0 amide bonds. The van der Waals surface area contributed by atoms with Crippen molar-refractivity contribution in [3.05, 3.63) is 84.0 Å². The maximum Gasteiger partial charge on any atom is 0.365 e. The first-order valence-electron chi connectivity index (χ1n) is 14.0. The Morgan fingerprint density at radius 2 is 1.21 bits per heavy atom. The molecule has 0 aliphatic carbocycles. The fourth-order valence-corrected chi connectivity index (χ4v) is 3.84. The first-order valence-corrected chi connectivity index (χ1v) is 14.0. The zero-order valence-corrected chi connectivity index (χ0v) is 25.8. The van der Waals surface area contributed by atoms with Crippen LogP contribution in [0.1, 0.15) is 59.6 Å². The number of carbonyl (C=O) groups is 2. The quantitative estimate of drug-likeness (QED) is 0.117. The van der Waals surface area contributed by atoms with E-state index >= 15 is 0 Å². The lowest BCUT2D eigenvalue weighted by Gasteiger charge is -2.31. The van der Waals surface area contributed by atoms with Crippen LogP contribution in [0.3, 0.4) is 0 Å². The Labute approximate surface area is 249 Å². The van der Waals surface area contributed by atoms with E-state index in [0.717, 1.165) is 11.1 Å². The molecule has 0 spiro atoms. The number of benzene rings is 2. The van der Waals surface area contributed by atoms with Crippen LogP contribution in [0.25, 0.3) is 0 Å². The summed E-state index contributed by atoms with van der Waals surface area (Å²) < 4.78 is 39.2. The summed E-state index contributed by atoms with van der Waals surface area (Å²) in [5.74, 6) is -1.66. The van der Waals surface area contributed by atoms with Crippen LogP contribution in [0.5, 0.6) is 11.5 Å². The van der Waals surface area contributed by atoms with Gasteiger partial charge in [0.2, 0.25) is 6.29 Å². The molecule has 0 aliphatic heterocycles. The normalized spacial score (nSPS) is 12.3. The van der Waals surface area contributed by atoms with E-state index in [2.05, 4.69) is 27.0 Å². The molecule has 0 fully saturated rings. The minimum atomic E-state index is -1.68. The van der Waals surface area contributed by atoms with E-state index in [-0.39, 0.29) is 37.4 Å². The molecule has 0 N–H and O–H groups in total. The first kappa shape index (κ1) is 34.5. The molecule has 0 heterocycles. The van der Waals surface area contributed by atoms with Crippen LogP contribution in [0.4, 0.5) is 0 Å². The third-order valence-corrected chi connectivity index (χ3v) is 6.22. The predicted molar refractivity (Wildman–Crippen MR) is 159 cm³/mol. The Balaban J connectivity index is 2.09. The molecule has 0 aromatic heterocycles. The maximum atomic E-state index is 12.2. The lowest BCUT2D eigenvalue weighted by Crippen LogP contribution is -2.46. The van der Waals surface area contributed by atoms with Gasteiger partial charge in [0.25, 0.3) is 0 Å². The van der Waals surface area contributed by atoms with Gasteiger partial charge < -0.3 is 33.2 Å². The Bertz CT molecular complexity index is 1180. The molecular formula is C33H44O9. The minimum absolute atomic E-state index is 0.0529. The van der Waals surface area contributed by atoms with Crippen molar-refractivity contribution in [1.82, 2.24) is 0 Å². The van der Waals surface area contributed by atoms with Crippen molar-refractivity contribution >= 4 is 11.9 Å². The van der Waals surface area contributed by atoms with Crippen molar-refractivity contribution in [3.8, 4) is 11.5 Å². The zero-order chi connectivity index (χ0) is 31.3. The van der Waals surface area contributed by atoms with E-state index in [4.69, 9.17) is 33.2 Å². The van der Waals surface area contributed by atoms with Gasteiger partial charge in [-0.2, -0.15) is 0 Å². The SMILES string of the molecule is C=C(C)C(=O)OC(COc1ccc(C(C)(C)c2ccc(OCC(OCC)(OCC)OC(=O)C(=C)C)cc2)cc1)OCC. The van der Waals surface area contributed by atoms with E-state index in [1.165, 1.54) is 0 Å². The largest absolute Gasteiger partial charge is 0.487 e. The van der Waals surface area contributed by atoms with Gasteiger partial charge in [-0.3, -0.25) is 0 Å². The van der Waals surface area contributed by atoms with Crippen molar-refractivity contribution in [3.63, 3.8) is 0 Å². The van der Waals surface area contributed by atoms with Gasteiger partial charge >= 0.3 is 17.9 Å². The van der Waals surface area contributed by atoms with Gasteiger partial charge in [0.15, 0.2) is 13.2 Å². The molecule has 2 aromatic rings. The van der Waals surface area contributed by atoms with Crippen LogP contribution < -0.4 is 9.47 Å². The minimum Gasteiger partial charge on any atom is -0.487 e. The second kappa shape index (κ2) is 16.1. The molecule has 9 nitrogen and oxygen atoms in total. The topological polar surface area (TPSA) is 98.8 Å². The van der Waals surface area contributed by atoms with Crippen LogP contribution in [0, 0.1) is 0 Å². The smallest absolute Gasteiger partial charge is 0.365 e. The molecule has 9 heteroatoms. The number of esters is 2. The molecule has 0 aliphatic rings. The molecule has 0 saturated carbocycles. The van der Waals surface area contributed by atoms with Crippen molar-refractivity contribution in [2.45, 2.75) is 66.1 Å². The number of hydrogen-bond donors (Lipinski definition) is 0. The van der Waals surface area contributed by atoms with E-state index in [9.17, 15) is 9.59 Å². The van der Waals surface area contributed by atoms with Crippen molar-refractivity contribution in [1.29, 1.82) is 0 Å². The molecule has 0 radical (unpaired) electrons. The molecule has 2 aromatic carbocycles. The lowest BCUT2D eigenvalue weighted by molar-refractivity contribution is -0.367. The van der Waals surface area contributed by atoms with Gasteiger partial charge in [-0.1, -0.05) is 51.3 Å². The second-order valence-corrected chi connectivity index (χ2v) is 10.1. The molecule has 2 rings (SSSR count). The summed E-state index contributed by atoms with van der Waals surface area (Å²) in [6.45, 7) is 20.7. The van der Waals surface area contributed by atoms with Crippen LogP contribution in [0.2, 0.25) is 0 Å². The fourth-order valence-electron chi connectivity index (χ4n) is 3.84. The van der Waals surface area contributed by atoms with Gasteiger partial charge in [0.1, 0.15) is 11.5 Å². The summed E-state index contributed by atoms with van der Waals surface area (Å²) in [6, 6.07) is 15.4. The third kappa shape index (κ3) is 10.0. The monoisotopic (exact) mass is 584 g/mol. The first-order chi connectivity index (χ1) is 19.9. The summed E-state index contributed by atoms with van der Waals surface area (Å²) in [5.41, 5.74) is 2.31. The van der Waals surface area contributed by atoms with Crippen LogP contribution in [-0.4, -0.2) is 57.2 Å². The second-order valence-electron chi connectivity index (χ2n) is 10.1. The van der Waals surface area contributed by atoms with Gasteiger partial charge in [0, 0.05) is 23.2 Å². The zero-order valence-electron chi connectivity index (χ0n) is 25.8. The standard InChI is InChI=1S/C33H44O9/c1-10-36-29(41-30(34)23(4)5)21-37-27-17-13-25(14-18-27)32(8,9)26-15-19-28(20-16-26)38-22-33(39-11-2,40-12-3)42-31(35)24(6)7/h13-20,29H,4,6,10-12,21-22H2,1-3,5,7-9H3. The molecule has 1 atom stereocenters. The number of ether oxygens (including phenoxy) is 7. The third-order valence-electron chi connectivity index (χ3n) is 6.22. The highest BCUT2D eigenvalue weighted by Crippen LogP contribution is 2.33. The van der Waals surface area contributed by atoms with E-state index in [0.29, 0.717) is 23.7 Å². The summed E-state index contributed by atoms with van der Waals surface area (Å²) in [4.78, 5) is 24.1. The number of rotatable bonds is 18. The summed E-state index contributed by atoms with van der Waals surface area (Å²) in [7, 11) is 0. The molecular weight excluding hydrogens is 540 g/mol. The molecule has 0 bridgehead atoms. The highest BCUT2D eigenvalue weighted by molar-refractivity contribution is 5.87. The predicted octanol–water partition coefficient (Wildman–Crippen LogP) is 6.10. The number of hydrogen-bond acceptors (Lipinski definition) is 9. The van der Waals surface area contributed by atoms with E-state index < -0.39 is 24.2 Å². The summed E-state index contributed by atoms with van der Waals surface area (Å²) in [6.07, 6.45) is -0.832. The van der Waals surface area contributed by atoms with Crippen LogP contribution in [0.15, 0.2) is 72.8 Å². The highest BCUT2D eigenvalue weighted by Gasteiger charge is 2.38. The Kier molecular flexibility index (Phi) is 13.2. The Morgan fingerprint density at radius 3 is 1.64 bits per heavy atom. The van der Waals surface area contributed by atoms with Crippen LogP contribution in [-0.2, 0) is 38.7 Å². The molecule has 1 unspecified atom stereocenters. The Morgan fingerprint density at radius 1 is 0.738 bits per heavy atom. The highest BCUT2D eigenvalue weighted by atomic mass is 16.9. The van der Waals surface area contributed by atoms with Crippen LogP contribution >= 0.6 is 0 Å². The van der Waals surface area contributed by atoms with Gasteiger partial charge in [0.05, 0.1) is 13.2 Å². The summed E-state index contributed by atoms with van der Waals surface area (Å²) in [5, 5.41) is 0. The van der Waals surface area contributed by atoms with Gasteiger partial charge in [-0.05, 0) is 70.0 Å². The average molecular weight is 585 g/mol. The van der Waals surface area contributed by atoms with Crippen molar-refractivity contribution < 1.29 is 42.7 Å². The molecule has 230 valence electrons. The van der Waals surface area contributed by atoms with E-state index in [1.54, 1.807) is 27.7 Å². The lowest BCUT2D eigenvalue weighted by atomic mass is 9.78. The van der Waals surface area contributed by atoms with E-state index in [1.807, 2.05) is 55.5 Å². The maximum absolute atomic E-state index is 12.2. The Hall–Kier alpha value is -3.66. The molecule has 42 heavy (non-hydrogen) atoms. The fraction of sp³-hybridized carbons (Fsp3) is 0.455. The number of carbonyl (C=O) groups excluding carboxylic acids is 2.